The fraction of sp³-hybridized carbons (Fsp3) is 0.429. The molecule has 0 aliphatic carbocycles. The summed E-state index contributed by atoms with van der Waals surface area (Å²) in [7, 11) is 0. The number of hydrogen-bond donors (Lipinski definition) is 1. The fourth-order valence-electron chi connectivity index (χ4n) is 2.12. The highest BCUT2D eigenvalue weighted by molar-refractivity contribution is 6.04. The third-order valence-corrected chi connectivity index (χ3v) is 3.40. The first-order valence-corrected chi connectivity index (χ1v) is 6.15. The third kappa shape index (κ3) is 2.45. The predicted molar refractivity (Wildman–Crippen MR) is 68.3 cm³/mol. The van der Waals surface area contributed by atoms with E-state index in [0.29, 0.717) is 5.92 Å². The predicted octanol–water partition coefficient (Wildman–Crippen LogP) is 2.69. The molecular weight excluding hydrogens is 249 g/mol. The maximum absolute atomic E-state index is 14.2. The molecule has 1 aliphatic rings. The summed E-state index contributed by atoms with van der Waals surface area (Å²) in [5.74, 6) is -0.296. The molecule has 0 aromatic heterocycles. The average molecular weight is 265 g/mol. The minimum absolute atomic E-state index is 0.289. The van der Waals surface area contributed by atoms with Crippen molar-refractivity contribution in [1.29, 1.82) is 0 Å². The highest BCUT2D eigenvalue weighted by Gasteiger charge is 2.52. The van der Waals surface area contributed by atoms with Crippen molar-refractivity contribution in [3.05, 3.63) is 35.4 Å². The smallest absolute Gasteiger partial charge is 0.407 e. The lowest BCUT2D eigenvalue weighted by Gasteiger charge is -2.41. The highest BCUT2D eigenvalue weighted by atomic mass is 19.1. The largest absolute Gasteiger partial charge is 0.465 e. The number of benzene rings is 1. The number of halogens is 1. The van der Waals surface area contributed by atoms with Crippen LogP contribution < -0.4 is 0 Å². The Morgan fingerprint density at radius 1 is 1.26 bits per heavy atom. The molecule has 0 radical (unpaired) electrons. The number of rotatable bonds is 3. The van der Waals surface area contributed by atoms with Crippen molar-refractivity contribution in [2.75, 3.05) is 13.1 Å². The zero-order valence-electron chi connectivity index (χ0n) is 10.9. The van der Waals surface area contributed by atoms with Gasteiger partial charge in [0.1, 0.15) is 0 Å². The number of ketones is 1. The number of Topliss-reactive ketones (excluding diaryl/α,β-unsaturated/α-hetero) is 1. The van der Waals surface area contributed by atoms with Crippen LogP contribution in [0.4, 0.5) is 9.18 Å². The number of hydrogen-bond acceptors (Lipinski definition) is 2. The van der Waals surface area contributed by atoms with Crippen molar-refractivity contribution in [2.24, 2.45) is 0 Å². The van der Waals surface area contributed by atoms with Crippen molar-refractivity contribution in [2.45, 2.75) is 25.4 Å². The number of nitrogens with zero attached hydrogens (tertiary/aromatic N) is 1. The first-order chi connectivity index (χ1) is 8.83. The van der Waals surface area contributed by atoms with Crippen molar-refractivity contribution in [3.8, 4) is 0 Å². The first kappa shape index (κ1) is 13.5. The minimum Gasteiger partial charge on any atom is -0.465 e. The Hall–Kier alpha value is -1.91. The van der Waals surface area contributed by atoms with E-state index in [1.54, 1.807) is 24.3 Å². The third-order valence-electron chi connectivity index (χ3n) is 3.40. The summed E-state index contributed by atoms with van der Waals surface area (Å²) in [6.07, 6.45) is -1.20. The Morgan fingerprint density at radius 2 is 1.79 bits per heavy atom. The van der Waals surface area contributed by atoms with Crippen molar-refractivity contribution in [3.63, 3.8) is 0 Å². The van der Waals surface area contributed by atoms with Gasteiger partial charge < -0.3 is 10.0 Å². The van der Waals surface area contributed by atoms with E-state index in [1.165, 1.54) is 0 Å². The molecule has 0 saturated carbocycles. The molecule has 0 atom stereocenters. The van der Waals surface area contributed by atoms with Crippen molar-refractivity contribution >= 4 is 11.9 Å². The van der Waals surface area contributed by atoms with Crippen molar-refractivity contribution < 1.29 is 19.1 Å². The maximum Gasteiger partial charge on any atom is 0.407 e. The summed E-state index contributed by atoms with van der Waals surface area (Å²) in [5.41, 5.74) is -0.709. The van der Waals surface area contributed by atoms with E-state index < -0.39 is 17.5 Å². The number of carbonyl (C=O) groups is 2. The average Bonchev–Trinajstić information content (AvgIpc) is 2.34. The summed E-state index contributed by atoms with van der Waals surface area (Å²) < 4.78 is 14.2. The zero-order chi connectivity index (χ0) is 14.2. The lowest BCUT2D eigenvalue weighted by atomic mass is 9.87. The van der Waals surface area contributed by atoms with E-state index in [4.69, 9.17) is 5.11 Å². The van der Waals surface area contributed by atoms with E-state index in [9.17, 15) is 14.0 Å². The van der Waals surface area contributed by atoms with E-state index in [0.717, 1.165) is 10.5 Å². The molecule has 1 aliphatic heterocycles. The molecule has 0 unspecified atom stereocenters. The Labute approximate surface area is 110 Å². The molecule has 1 fully saturated rings. The summed E-state index contributed by atoms with van der Waals surface area (Å²) >= 11 is 0. The summed E-state index contributed by atoms with van der Waals surface area (Å²) in [5, 5.41) is 8.66. The molecule has 19 heavy (non-hydrogen) atoms. The Balaban J connectivity index is 2.10. The van der Waals surface area contributed by atoms with E-state index in [-0.39, 0.29) is 18.7 Å². The van der Waals surface area contributed by atoms with Gasteiger partial charge >= 0.3 is 6.09 Å². The lowest BCUT2D eigenvalue weighted by molar-refractivity contribution is -0.00654. The quantitative estimate of drug-likeness (QED) is 0.855. The van der Waals surface area contributed by atoms with Gasteiger partial charge in [-0.15, -0.1) is 0 Å². The molecule has 0 spiro atoms. The van der Waals surface area contributed by atoms with Crippen LogP contribution in [0, 0.1) is 0 Å². The molecule has 1 N–H and O–H groups in total. The number of carbonyl (C=O) groups excluding carboxylic acids is 1. The SMILES string of the molecule is CC(C)c1ccc(C(=O)C2(F)CN(C(=O)O)C2)cc1. The second-order valence-corrected chi connectivity index (χ2v) is 5.21. The van der Waals surface area contributed by atoms with Crippen molar-refractivity contribution in [1.82, 2.24) is 4.90 Å². The molecular formula is C14H16FNO3. The summed E-state index contributed by atoms with van der Waals surface area (Å²) in [6, 6.07) is 6.80. The monoisotopic (exact) mass is 265 g/mol. The van der Waals surface area contributed by atoms with Gasteiger partial charge in [0.25, 0.3) is 0 Å². The van der Waals surface area contributed by atoms with E-state index in [2.05, 4.69) is 0 Å². The first-order valence-electron chi connectivity index (χ1n) is 6.15. The van der Waals surface area contributed by atoms with Gasteiger partial charge in [-0.3, -0.25) is 4.79 Å². The second-order valence-electron chi connectivity index (χ2n) is 5.21. The van der Waals surface area contributed by atoms with Crippen LogP contribution in [-0.2, 0) is 0 Å². The molecule has 1 aromatic carbocycles. The van der Waals surface area contributed by atoms with Crippen LogP contribution in [0.15, 0.2) is 24.3 Å². The molecule has 1 amide bonds. The van der Waals surface area contributed by atoms with Gasteiger partial charge in [-0.1, -0.05) is 38.1 Å². The number of alkyl halides is 1. The van der Waals surface area contributed by atoms with Gasteiger partial charge in [0.15, 0.2) is 0 Å². The Bertz CT molecular complexity index is 504. The van der Waals surface area contributed by atoms with Gasteiger partial charge in [0.2, 0.25) is 11.5 Å². The van der Waals surface area contributed by atoms with Crippen LogP contribution in [-0.4, -0.2) is 40.6 Å². The molecule has 1 heterocycles. The Kier molecular flexibility index (Phi) is 3.30. The molecule has 1 aromatic rings. The van der Waals surface area contributed by atoms with Crippen LogP contribution in [0.2, 0.25) is 0 Å². The second kappa shape index (κ2) is 4.64. The van der Waals surface area contributed by atoms with Gasteiger partial charge in [0, 0.05) is 5.56 Å². The van der Waals surface area contributed by atoms with E-state index in [1.807, 2.05) is 13.8 Å². The topological polar surface area (TPSA) is 57.6 Å². The number of amides is 1. The molecule has 0 bridgehead atoms. The molecule has 1 saturated heterocycles. The van der Waals surface area contributed by atoms with E-state index >= 15 is 0 Å². The van der Waals surface area contributed by atoms with Crippen LogP contribution >= 0.6 is 0 Å². The number of carboxylic acid groups (broad SMARTS) is 1. The van der Waals surface area contributed by atoms with Crippen LogP contribution in [0.1, 0.15) is 35.7 Å². The van der Waals surface area contributed by atoms with Gasteiger partial charge in [0.05, 0.1) is 13.1 Å². The summed E-state index contributed by atoms with van der Waals surface area (Å²) in [4.78, 5) is 23.5. The minimum atomic E-state index is -2.07. The van der Waals surface area contributed by atoms with Crippen LogP contribution in [0.25, 0.3) is 0 Å². The lowest BCUT2D eigenvalue weighted by Crippen LogP contribution is -2.64. The fourth-order valence-corrected chi connectivity index (χ4v) is 2.12. The molecule has 5 heteroatoms. The van der Waals surface area contributed by atoms with Gasteiger partial charge in [-0.2, -0.15) is 0 Å². The van der Waals surface area contributed by atoms with Gasteiger partial charge in [-0.25, -0.2) is 9.18 Å². The normalized spacial score (nSPS) is 17.2. The van der Waals surface area contributed by atoms with Crippen LogP contribution in [0.3, 0.4) is 0 Å². The standard InChI is InChI=1S/C14H16FNO3/c1-9(2)10-3-5-11(6-4-10)12(17)14(15)7-16(8-14)13(18)19/h3-6,9H,7-8H2,1-2H3,(H,18,19). The highest BCUT2D eigenvalue weighted by Crippen LogP contribution is 2.30. The molecule has 4 nitrogen and oxygen atoms in total. The molecule has 2 rings (SSSR count). The van der Waals surface area contributed by atoms with Crippen LogP contribution in [0.5, 0.6) is 0 Å². The zero-order valence-corrected chi connectivity index (χ0v) is 10.9. The summed E-state index contributed by atoms with van der Waals surface area (Å²) in [6.45, 7) is 3.30. The van der Waals surface area contributed by atoms with Gasteiger partial charge in [-0.05, 0) is 11.5 Å². The Morgan fingerprint density at radius 3 is 2.21 bits per heavy atom. The number of likely N-dealkylation sites (tertiary alicyclic amines) is 1. The molecule has 102 valence electrons. The maximum atomic E-state index is 14.2.